The van der Waals surface area contributed by atoms with Crippen LogP contribution in [0.2, 0.25) is 0 Å². The van der Waals surface area contributed by atoms with Crippen molar-refractivity contribution in [2.75, 3.05) is 25.0 Å². The highest BCUT2D eigenvalue weighted by Crippen LogP contribution is 2.23. The molecule has 7 heteroatoms. The van der Waals surface area contributed by atoms with Crippen LogP contribution in [0.5, 0.6) is 0 Å². The van der Waals surface area contributed by atoms with Crippen LogP contribution in [0.15, 0.2) is 0 Å². The Morgan fingerprint density at radius 1 is 1.55 bits per heavy atom. The molecule has 1 aliphatic heterocycles. The van der Waals surface area contributed by atoms with Gasteiger partial charge in [-0.05, 0) is 39.8 Å². The molecule has 7 nitrogen and oxygen atoms in total. The van der Waals surface area contributed by atoms with E-state index >= 15 is 0 Å². The highest BCUT2D eigenvalue weighted by molar-refractivity contribution is 5.92. The second-order valence-corrected chi connectivity index (χ2v) is 5.03. The number of hydrogen-bond donors (Lipinski definition) is 2. The van der Waals surface area contributed by atoms with E-state index in [2.05, 4.69) is 20.7 Å². The molecule has 0 bridgehead atoms. The van der Waals surface area contributed by atoms with E-state index in [1.807, 2.05) is 6.92 Å². The van der Waals surface area contributed by atoms with Crippen LogP contribution < -0.4 is 10.6 Å². The lowest BCUT2D eigenvalue weighted by Gasteiger charge is -2.19. The number of hydrogen-bond acceptors (Lipinski definition) is 5. The van der Waals surface area contributed by atoms with Crippen molar-refractivity contribution in [2.24, 2.45) is 7.05 Å². The standard InChI is InChI=1S/C13H23N5O2/c1-4-20-9(2)12(19)16-13-15-11(17-18(13)3)10-5-7-14-8-6-10/h9-10,14H,4-8H2,1-3H3,(H,15,16,17,19). The minimum absolute atomic E-state index is 0.195. The van der Waals surface area contributed by atoms with Gasteiger partial charge in [-0.25, -0.2) is 4.68 Å². The largest absolute Gasteiger partial charge is 0.369 e. The molecule has 1 atom stereocenters. The van der Waals surface area contributed by atoms with E-state index in [1.54, 1.807) is 18.7 Å². The zero-order valence-corrected chi connectivity index (χ0v) is 12.3. The Balaban J connectivity index is 2.01. The monoisotopic (exact) mass is 281 g/mol. The van der Waals surface area contributed by atoms with Crippen LogP contribution >= 0.6 is 0 Å². The predicted octanol–water partition coefficient (Wildman–Crippen LogP) is 0.646. The van der Waals surface area contributed by atoms with Crippen molar-refractivity contribution in [3.8, 4) is 0 Å². The fraction of sp³-hybridized carbons (Fsp3) is 0.769. The topological polar surface area (TPSA) is 81.1 Å². The SMILES string of the molecule is CCOC(C)C(=O)Nc1nc(C2CCNCC2)nn1C. The van der Waals surface area contributed by atoms with Gasteiger partial charge in [-0.15, -0.1) is 0 Å². The molecule has 1 fully saturated rings. The quantitative estimate of drug-likeness (QED) is 0.828. The molecule has 1 unspecified atom stereocenters. The summed E-state index contributed by atoms with van der Waals surface area (Å²) >= 11 is 0. The second-order valence-electron chi connectivity index (χ2n) is 5.03. The van der Waals surface area contributed by atoms with E-state index < -0.39 is 6.10 Å². The summed E-state index contributed by atoms with van der Waals surface area (Å²) in [4.78, 5) is 16.4. The van der Waals surface area contributed by atoms with E-state index in [0.29, 0.717) is 18.5 Å². The third kappa shape index (κ3) is 3.55. The number of ether oxygens (including phenoxy) is 1. The Kier molecular flexibility index (Phi) is 5.08. The summed E-state index contributed by atoms with van der Waals surface area (Å²) in [5.41, 5.74) is 0. The lowest BCUT2D eigenvalue weighted by atomic mass is 9.98. The Labute approximate surface area is 119 Å². The molecular formula is C13H23N5O2. The summed E-state index contributed by atoms with van der Waals surface area (Å²) in [5, 5.41) is 10.5. The van der Waals surface area contributed by atoms with Crippen LogP contribution in [0.25, 0.3) is 0 Å². The van der Waals surface area contributed by atoms with Gasteiger partial charge in [0.15, 0.2) is 5.82 Å². The van der Waals surface area contributed by atoms with E-state index in [1.165, 1.54) is 0 Å². The molecule has 1 aliphatic rings. The molecule has 1 amide bonds. The lowest BCUT2D eigenvalue weighted by molar-refractivity contribution is -0.126. The minimum Gasteiger partial charge on any atom is -0.369 e. The molecule has 1 saturated heterocycles. The first kappa shape index (κ1) is 14.9. The molecule has 1 aromatic heterocycles. The van der Waals surface area contributed by atoms with Gasteiger partial charge in [0.2, 0.25) is 5.95 Å². The van der Waals surface area contributed by atoms with Crippen LogP contribution in [0.1, 0.15) is 38.4 Å². The molecule has 112 valence electrons. The Morgan fingerprint density at radius 3 is 2.90 bits per heavy atom. The van der Waals surface area contributed by atoms with Crippen molar-refractivity contribution in [1.29, 1.82) is 0 Å². The number of rotatable bonds is 5. The van der Waals surface area contributed by atoms with E-state index in [0.717, 1.165) is 31.8 Å². The van der Waals surface area contributed by atoms with Crippen molar-refractivity contribution >= 4 is 11.9 Å². The van der Waals surface area contributed by atoms with Gasteiger partial charge in [0.25, 0.3) is 5.91 Å². The maximum atomic E-state index is 11.9. The average Bonchev–Trinajstić information content (AvgIpc) is 2.81. The molecular weight excluding hydrogens is 258 g/mol. The lowest BCUT2D eigenvalue weighted by Crippen LogP contribution is -2.29. The van der Waals surface area contributed by atoms with E-state index in [4.69, 9.17) is 4.74 Å². The zero-order chi connectivity index (χ0) is 14.5. The second kappa shape index (κ2) is 6.81. The van der Waals surface area contributed by atoms with Crippen molar-refractivity contribution in [3.63, 3.8) is 0 Å². The number of carbonyl (C=O) groups is 1. The predicted molar refractivity (Wildman–Crippen MR) is 75.6 cm³/mol. The van der Waals surface area contributed by atoms with Crippen molar-refractivity contribution in [2.45, 2.75) is 38.7 Å². The number of aromatic nitrogens is 3. The Hall–Kier alpha value is -1.47. The number of carbonyl (C=O) groups excluding carboxylic acids is 1. The van der Waals surface area contributed by atoms with Gasteiger partial charge in [0, 0.05) is 19.6 Å². The number of amides is 1. The summed E-state index contributed by atoms with van der Waals surface area (Å²) in [6.07, 6.45) is 1.58. The highest BCUT2D eigenvalue weighted by Gasteiger charge is 2.22. The van der Waals surface area contributed by atoms with E-state index in [9.17, 15) is 4.79 Å². The van der Waals surface area contributed by atoms with Gasteiger partial charge in [-0.2, -0.15) is 10.1 Å². The molecule has 1 aromatic rings. The first-order valence-corrected chi connectivity index (χ1v) is 7.16. The Morgan fingerprint density at radius 2 is 2.25 bits per heavy atom. The number of nitrogens with one attached hydrogen (secondary N) is 2. The van der Waals surface area contributed by atoms with Crippen LogP contribution in [0.3, 0.4) is 0 Å². The summed E-state index contributed by atoms with van der Waals surface area (Å²) in [7, 11) is 1.79. The fourth-order valence-electron chi connectivity index (χ4n) is 2.30. The summed E-state index contributed by atoms with van der Waals surface area (Å²) in [6, 6.07) is 0. The van der Waals surface area contributed by atoms with Gasteiger partial charge in [-0.1, -0.05) is 0 Å². The molecule has 20 heavy (non-hydrogen) atoms. The molecule has 2 N–H and O–H groups in total. The third-order valence-electron chi connectivity index (χ3n) is 3.50. The molecule has 0 aromatic carbocycles. The third-order valence-corrected chi connectivity index (χ3v) is 3.50. The molecule has 0 aliphatic carbocycles. The van der Waals surface area contributed by atoms with Crippen molar-refractivity contribution < 1.29 is 9.53 Å². The smallest absolute Gasteiger partial charge is 0.255 e. The molecule has 0 radical (unpaired) electrons. The van der Waals surface area contributed by atoms with Gasteiger partial charge in [0.05, 0.1) is 0 Å². The first-order valence-electron chi connectivity index (χ1n) is 7.16. The molecule has 0 saturated carbocycles. The van der Waals surface area contributed by atoms with Crippen LogP contribution in [-0.2, 0) is 16.6 Å². The normalized spacial score (nSPS) is 17.9. The van der Waals surface area contributed by atoms with Crippen LogP contribution in [0.4, 0.5) is 5.95 Å². The van der Waals surface area contributed by atoms with Gasteiger partial charge in [0.1, 0.15) is 6.10 Å². The first-order chi connectivity index (χ1) is 9.61. The number of anilines is 1. The number of aryl methyl sites for hydroxylation is 1. The zero-order valence-electron chi connectivity index (χ0n) is 12.3. The Bertz CT molecular complexity index is 454. The van der Waals surface area contributed by atoms with Crippen LogP contribution in [-0.4, -0.2) is 46.5 Å². The minimum atomic E-state index is -0.487. The summed E-state index contributed by atoms with van der Waals surface area (Å²) < 4.78 is 6.88. The maximum Gasteiger partial charge on any atom is 0.255 e. The van der Waals surface area contributed by atoms with Crippen molar-refractivity contribution in [3.05, 3.63) is 5.82 Å². The van der Waals surface area contributed by atoms with E-state index in [-0.39, 0.29) is 5.91 Å². The van der Waals surface area contributed by atoms with Crippen molar-refractivity contribution in [1.82, 2.24) is 20.1 Å². The van der Waals surface area contributed by atoms with Gasteiger partial charge >= 0.3 is 0 Å². The fourth-order valence-corrected chi connectivity index (χ4v) is 2.30. The number of nitrogens with zero attached hydrogens (tertiary/aromatic N) is 3. The van der Waals surface area contributed by atoms with Crippen LogP contribution in [0, 0.1) is 0 Å². The maximum absolute atomic E-state index is 11.9. The summed E-state index contributed by atoms with van der Waals surface area (Å²) in [6.45, 7) is 6.08. The van der Waals surface area contributed by atoms with Gasteiger partial charge < -0.3 is 10.1 Å². The number of piperidine rings is 1. The molecule has 2 heterocycles. The van der Waals surface area contributed by atoms with Gasteiger partial charge in [-0.3, -0.25) is 10.1 Å². The molecule has 2 rings (SSSR count). The highest BCUT2D eigenvalue weighted by atomic mass is 16.5. The summed E-state index contributed by atoms with van der Waals surface area (Å²) in [5.74, 6) is 1.47. The molecule has 0 spiro atoms. The average molecular weight is 281 g/mol.